The molecule has 8 heteroatoms. The lowest BCUT2D eigenvalue weighted by Gasteiger charge is -2.22. The summed E-state index contributed by atoms with van der Waals surface area (Å²) in [6, 6.07) is 0. The molecular formula is C10H12N6O2. The van der Waals surface area contributed by atoms with Crippen molar-refractivity contribution in [1.82, 2.24) is 0 Å². The smallest absolute Gasteiger partial charge is 0.213 e. The highest BCUT2D eigenvalue weighted by molar-refractivity contribution is 6.31. The number of ketones is 2. The molecular weight excluding hydrogens is 236 g/mol. The van der Waals surface area contributed by atoms with Gasteiger partial charge in [-0.15, -0.1) is 0 Å². The van der Waals surface area contributed by atoms with Crippen molar-refractivity contribution in [2.75, 3.05) is 22.9 Å². The number of carbonyl (C=O) groups excluding carboxylic acids is 2. The number of hydrogen-bond acceptors (Lipinski definition) is 8. The normalized spacial score (nSPS) is 14.9. The first kappa shape index (κ1) is 11.6. The molecule has 0 radical (unpaired) electrons. The largest absolute Gasteiger partial charge is 0.396 e. The molecule has 0 atom stereocenters. The van der Waals surface area contributed by atoms with E-state index in [0.29, 0.717) is 0 Å². The van der Waals surface area contributed by atoms with Crippen molar-refractivity contribution in [1.29, 1.82) is 0 Å². The van der Waals surface area contributed by atoms with Gasteiger partial charge in [0.2, 0.25) is 11.6 Å². The van der Waals surface area contributed by atoms with Crippen molar-refractivity contribution >= 4 is 34.3 Å². The molecule has 0 amide bonds. The quantitative estimate of drug-likeness (QED) is 0.299. The van der Waals surface area contributed by atoms with E-state index in [-0.39, 0.29) is 45.3 Å². The van der Waals surface area contributed by atoms with Crippen molar-refractivity contribution in [2.45, 2.75) is 0 Å². The lowest BCUT2D eigenvalue weighted by Crippen LogP contribution is -2.32. The Hall–Kier alpha value is -2.90. The summed E-state index contributed by atoms with van der Waals surface area (Å²) in [5.41, 5.74) is 32.1. The van der Waals surface area contributed by atoms with Crippen molar-refractivity contribution in [3.8, 4) is 0 Å². The van der Waals surface area contributed by atoms with E-state index in [4.69, 9.17) is 34.4 Å². The summed E-state index contributed by atoms with van der Waals surface area (Å²) in [4.78, 5) is 23.9. The van der Waals surface area contributed by atoms with Crippen LogP contribution in [0.4, 0.5) is 22.7 Å². The molecule has 94 valence electrons. The fourth-order valence-corrected chi connectivity index (χ4v) is 1.81. The van der Waals surface area contributed by atoms with Crippen LogP contribution in [-0.4, -0.2) is 11.6 Å². The maximum Gasteiger partial charge on any atom is 0.213 e. The van der Waals surface area contributed by atoms with Gasteiger partial charge < -0.3 is 34.4 Å². The van der Waals surface area contributed by atoms with Crippen LogP contribution in [-0.2, 0) is 0 Å². The molecule has 0 saturated heterocycles. The van der Waals surface area contributed by atoms with E-state index in [1.165, 1.54) is 0 Å². The third-order valence-corrected chi connectivity index (χ3v) is 2.89. The number of nitrogens with two attached hydrogens (primary N) is 6. The van der Waals surface area contributed by atoms with Crippen LogP contribution in [0.1, 0.15) is 20.7 Å². The molecule has 8 nitrogen and oxygen atoms in total. The monoisotopic (exact) mass is 248 g/mol. The summed E-state index contributed by atoms with van der Waals surface area (Å²) in [5, 5.41) is 0. The Bertz CT molecular complexity index is 592. The molecule has 12 N–H and O–H groups in total. The molecule has 0 fully saturated rings. The van der Waals surface area contributed by atoms with Crippen LogP contribution >= 0.6 is 0 Å². The van der Waals surface area contributed by atoms with Gasteiger partial charge in [-0.3, -0.25) is 9.59 Å². The van der Waals surface area contributed by atoms with Crippen LogP contribution < -0.4 is 34.4 Å². The van der Waals surface area contributed by atoms with Gasteiger partial charge in [0, 0.05) is 0 Å². The average Bonchev–Trinajstić information content (AvgIpc) is 2.35. The lowest BCUT2D eigenvalue weighted by atomic mass is 9.87. The number of benzene rings is 1. The molecule has 0 bridgehead atoms. The summed E-state index contributed by atoms with van der Waals surface area (Å²) in [5.74, 6) is -1.36. The van der Waals surface area contributed by atoms with Crippen LogP contribution in [0.2, 0.25) is 0 Å². The van der Waals surface area contributed by atoms with Gasteiger partial charge >= 0.3 is 0 Å². The Morgan fingerprint density at radius 2 is 0.778 bits per heavy atom. The lowest BCUT2D eigenvalue weighted by molar-refractivity contribution is 0.0973. The molecule has 0 aliphatic heterocycles. The van der Waals surface area contributed by atoms with E-state index in [1.807, 2.05) is 0 Å². The molecule has 0 unspecified atom stereocenters. The molecule has 0 saturated carbocycles. The highest BCUT2D eigenvalue weighted by Gasteiger charge is 2.35. The minimum absolute atomic E-state index is 0.0549. The number of allylic oxidation sites excluding steroid dienone is 2. The van der Waals surface area contributed by atoms with Gasteiger partial charge in [0.05, 0.1) is 33.9 Å². The number of hydrogen-bond donors (Lipinski definition) is 6. The number of rotatable bonds is 0. The third-order valence-electron chi connectivity index (χ3n) is 2.89. The van der Waals surface area contributed by atoms with E-state index in [1.54, 1.807) is 0 Å². The molecule has 0 spiro atoms. The van der Waals surface area contributed by atoms with Crippen molar-refractivity contribution in [3.05, 3.63) is 22.5 Å². The number of Topliss-reactive ketones (excluding diaryl/α,β-unsaturated/α-hetero) is 2. The van der Waals surface area contributed by atoms with Crippen molar-refractivity contribution in [2.24, 2.45) is 11.5 Å². The zero-order chi connectivity index (χ0) is 13.8. The third kappa shape index (κ3) is 1.14. The van der Waals surface area contributed by atoms with Crippen molar-refractivity contribution < 1.29 is 9.59 Å². The minimum Gasteiger partial charge on any atom is -0.396 e. The van der Waals surface area contributed by atoms with Crippen LogP contribution in [0.5, 0.6) is 0 Å². The molecule has 18 heavy (non-hydrogen) atoms. The van der Waals surface area contributed by atoms with E-state index in [9.17, 15) is 9.59 Å². The van der Waals surface area contributed by atoms with Gasteiger partial charge in [-0.25, -0.2) is 0 Å². The van der Waals surface area contributed by atoms with Gasteiger partial charge in [0.1, 0.15) is 11.4 Å². The number of carbonyl (C=O) groups is 2. The SMILES string of the molecule is NC1=C(N)C(=O)c2c(N)c(N)c(N)c(N)c2C1=O. The molecule has 2 rings (SSSR count). The summed E-state index contributed by atoms with van der Waals surface area (Å²) in [6.45, 7) is 0. The Kier molecular flexibility index (Phi) is 2.12. The fourth-order valence-electron chi connectivity index (χ4n) is 1.81. The average molecular weight is 248 g/mol. The van der Waals surface area contributed by atoms with E-state index in [0.717, 1.165) is 0 Å². The molecule has 1 aromatic carbocycles. The topological polar surface area (TPSA) is 190 Å². The summed E-state index contributed by atoms with van der Waals surface area (Å²) >= 11 is 0. The predicted octanol–water partition coefficient (Wildman–Crippen LogP) is -1.48. The summed E-state index contributed by atoms with van der Waals surface area (Å²) in [6.07, 6.45) is 0. The molecule has 1 aliphatic rings. The second kappa shape index (κ2) is 3.29. The van der Waals surface area contributed by atoms with Crippen LogP contribution in [0.3, 0.4) is 0 Å². The zero-order valence-corrected chi connectivity index (χ0v) is 9.28. The standard InChI is InChI=1S/C10H12N6O2/c11-3-1-2(4(12)6(14)5(3)13)10(18)8(16)7(15)9(1)17/h11-16H2. The van der Waals surface area contributed by atoms with Crippen LogP contribution in [0.25, 0.3) is 0 Å². The van der Waals surface area contributed by atoms with Gasteiger partial charge in [0.15, 0.2) is 0 Å². The van der Waals surface area contributed by atoms with E-state index in [2.05, 4.69) is 0 Å². The highest BCUT2D eigenvalue weighted by atomic mass is 16.1. The molecule has 1 aliphatic carbocycles. The second-order valence-corrected chi connectivity index (χ2v) is 3.89. The Balaban J connectivity index is 2.96. The fraction of sp³-hybridized carbons (Fsp3) is 0. The van der Waals surface area contributed by atoms with Gasteiger partial charge in [-0.05, 0) is 0 Å². The Morgan fingerprint density at radius 1 is 0.500 bits per heavy atom. The first-order chi connectivity index (χ1) is 8.29. The van der Waals surface area contributed by atoms with E-state index < -0.39 is 11.6 Å². The number of nitrogen functional groups attached to an aromatic ring is 4. The number of fused-ring (bicyclic) bond motifs is 1. The van der Waals surface area contributed by atoms with Crippen molar-refractivity contribution in [3.63, 3.8) is 0 Å². The van der Waals surface area contributed by atoms with Crippen LogP contribution in [0, 0.1) is 0 Å². The number of anilines is 4. The van der Waals surface area contributed by atoms with Gasteiger partial charge in [-0.1, -0.05) is 0 Å². The summed E-state index contributed by atoms with van der Waals surface area (Å²) < 4.78 is 0. The Labute approximate surface area is 102 Å². The first-order valence-electron chi connectivity index (χ1n) is 4.89. The zero-order valence-electron chi connectivity index (χ0n) is 9.28. The maximum atomic E-state index is 12.0. The van der Waals surface area contributed by atoms with E-state index >= 15 is 0 Å². The van der Waals surface area contributed by atoms with Crippen LogP contribution in [0.15, 0.2) is 11.4 Å². The molecule has 0 aromatic heterocycles. The van der Waals surface area contributed by atoms with Gasteiger partial charge in [0.25, 0.3) is 0 Å². The Morgan fingerprint density at radius 3 is 1.06 bits per heavy atom. The molecule has 0 heterocycles. The summed E-state index contributed by atoms with van der Waals surface area (Å²) in [7, 11) is 0. The predicted molar refractivity (Wildman–Crippen MR) is 68.2 cm³/mol. The minimum atomic E-state index is -0.682. The van der Waals surface area contributed by atoms with Gasteiger partial charge in [-0.2, -0.15) is 0 Å². The first-order valence-corrected chi connectivity index (χ1v) is 4.89. The second-order valence-electron chi connectivity index (χ2n) is 3.89. The highest BCUT2D eigenvalue weighted by Crippen LogP contribution is 2.40. The molecule has 1 aromatic rings. The maximum absolute atomic E-state index is 12.0.